The van der Waals surface area contributed by atoms with E-state index in [1.165, 1.54) is 29.8 Å². The number of benzene rings is 1. The predicted octanol–water partition coefficient (Wildman–Crippen LogP) is 4.02. The average Bonchev–Trinajstić information content (AvgIpc) is 3.27. The summed E-state index contributed by atoms with van der Waals surface area (Å²) in [6.07, 6.45) is 4.70. The summed E-state index contributed by atoms with van der Waals surface area (Å²) in [6, 6.07) is 4.36. The molecule has 0 spiro atoms. The van der Waals surface area contributed by atoms with Crippen molar-refractivity contribution in [3.05, 3.63) is 40.8 Å². The number of fused-ring (bicyclic) bond motifs is 1. The molecule has 204 valence electrons. The van der Waals surface area contributed by atoms with Gasteiger partial charge in [0.2, 0.25) is 0 Å². The third kappa shape index (κ3) is 6.40. The van der Waals surface area contributed by atoms with E-state index >= 15 is 0 Å². The lowest BCUT2D eigenvalue weighted by Gasteiger charge is -2.27. The van der Waals surface area contributed by atoms with E-state index in [0.29, 0.717) is 59.2 Å². The zero-order valence-corrected chi connectivity index (χ0v) is 22.4. The molecule has 0 atom stereocenters. The Balaban J connectivity index is 1.29. The van der Waals surface area contributed by atoms with Crippen LogP contribution in [0.25, 0.3) is 10.2 Å². The summed E-state index contributed by atoms with van der Waals surface area (Å²) in [7, 11) is 0. The minimum atomic E-state index is -0.395. The molecule has 1 aliphatic carbocycles. The van der Waals surface area contributed by atoms with E-state index in [-0.39, 0.29) is 18.1 Å². The number of hydrogen-bond donors (Lipinski definition) is 3. The standard InChI is InChI=1S/C27H34FN5O4S/c1-17-23-25(32-21-8-3-18(28)15-22(21)37-20-6-4-19(34)5-7-20)30-16-31-27(23)38-24(17)26(35)29-9-2-10-33-11-13-36-14-12-33/h3,8,15-16,19-20,34H,2,4-7,9-14H2,1H3,(H,29,35)(H,30,31,32)/t19-,20-. The highest BCUT2D eigenvalue weighted by Gasteiger charge is 2.23. The van der Waals surface area contributed by atoms with E-state index in [1.807, 2.05) is 6.92 Å². The number of nitrogens with one attached hydrogen (secondary N) is 2. The van der Waals surface area contributed by atoms with Crippen LogP contribution in [0, 0.1) is 12.7 Å². The lowest BCUT2D eigenvalue weighted by molar-refractivity contribution is 0.0374. The average molecular weight is 544 g/mol. The van der Waals surface area contributed by atoms with Gasteiger partial charge in [0.25, 0.3) is 5.91 Å². The van der Waals surface area contributed by atoms with Crippen molar-refractivity contribution in [3.8, 4) is 5.75 Å². The fourth-order valence-corrected chi connectivity index (χ4v) is 6.02. The second-order valence-corrected chi connectivity index (χ2v) is 10.8. The van der Waals surface area contributed by atoms with Crippen LogP contribution >= 0.6 is 11.3 Å². The van der Waals surface area contributed by atoms with Crippen molar-refractivity contribution in [2.75, 3.05) is 44.7 Å². The monoisotopic (exact) mass is 543 g/mol. The fourth-order valence-electron chi connectivity index (χ4n) is 4.96. The number of aryl methyl sites for hydroxylation is 1. The van der Waals surface area contributed by atoms with E-state index in [1.54, 1.807) is 6.07 Å². The van der Waals surface area contributed by atoms with Gasteiger partial charge in [0.1, 0.15) is 28.5 Å². The van der Waals surface area contributed by atoms with Gasteiger partial charge in [0.15, 0.2) is 0 Å². The van der Waals surface area contributed by atoms with Gasteiger partial charge in [0.05, 0.1) is 41.4 Å². The van der Waals surface area contributed by atoms with Crippen molar-refractivity contribution in [1.82, 2.24) is 20.2 Å². The highest BCUT2D eigenvalue weighted by molar-refractivity contribution is 7.20. The number of nitrogens with zero attached hydrogens (tertiary/aromatic N) is 3. The number of carbonyl (C=O) groups is 1. The van der Waals surface area contributed by atoms with E-state index in [9.17, 15) is 14.3 Å². The van der Waals surface area contributed by atoms with Crippen molar-refractivity contribution in [2.45, 2.75) is 51.2 Å². The third-order valence-electron chi connectivity index (χ3n) is 7.11. The Hall–Kier alpha value is -2.86. The first-order chi connectivity index (χ1) is 18.5. The van der Waals surface area contributed by atoms with E-state index < -0.39 is 5.82 Å². The van der Waals surface area contributed by atoms with Crippen LogP contribution in [0.1, 0.15) is 47.3 Å². The van der Waals surface area contributed by atoms with Gasteiger partial charge < -0.3 is 25.2 Å². The highest BCUT2D eigenvalue weighted by Crippen LogP contribution is 2.37. The molecule has 1 saturated heterocycles. The second kappa shape index (κ2) is 12.3. The molecular formula is C27H34FN5O4S. The maximum absolute atomic E-state index is 14.1. The number of amides is 1. The van der Waals surface area contributed by atoms with Crippen LogP contribution in [-0.4, -0.2) is 77.5 Å². The lowest BCUT2D eigenvalue weighted by atomic mass is 9.95. The van der Waals surface area contributed by atoms with Gasteiger partial charge in [-0.15, -0.1) is 11.3 Å². The Labute approximate surface area is 225 Å². The maximum Gasteiger partial charge on any atom is 0.261 e. The Morgan fingerprint density at radius 2 is 2.03 bits per heavy atom. The van der Waals surface area contributed by atoms with Crippen molar-refractivity contribution in [3.63, 3.8) is 0 Å². The summed E-state index contributed by atoms with van der Waals surface area (Å²) in [6.45, 7) is 6.81. The first kappa shape index (κ1) is 26.7. The summed E-state index contributed by atoms with van der Waals surface area (Å²) in [5, 5.41) is 16.9. The van der Waals surface area contributed by atoms with E-state index in [0.717, 1.165) is 50.2 Å². The molecule has 3 aromatic rings. The molecule has 1 aliphatic heterocycles. The largest absolute Gasteiger partial charge is 0.488 e. The number of carbonyl (C=O) groups excluding carboxylic acids is 1. The Morgan fingerprint density at radius 3 is 2.82 bits per heavy atom. The molecule has 0 bridgehead atoms. The van der Waals surface area contributed by atoms with Gasteiger partial charge >= 0.3 is 0 Å². The van der Waals surface area contributed by atoms with E-state index in [2.05, 4.69) is 25.5 Å². The number of ether oxygens (including phenoxy) is 2. The zero-order chi connectivity index (χ0) is 26.5. The molecule has 38 heavy (non-hydrogen) atoms. The van der Waals surface area contributed by atoms with Gasteiger partial charge in [-0.1, -0.05) is 0 Å². The Bertz CT molecular complexity index is 1260. The van der Waals surface area contributed by atoms with Crippen molar-refractivity contribution < 1.29 is 23.8 Å². The molecule has 0 radical (unpaired) electrons. The molecule has 2 aromatic heterocycles. The molecule has 3 heterocycles. The number of morpholine rings is 1. The number of aliphatic hydroxyl groups excluding tert-OH is 1. The van der Waals surface area contributed by atoms with Crippen LogP contribution in [0.15, 0.2) is 24.5 Å². The number of aliphatic hydroxyl groups is 1. The quantitative estimate of drug-likeness (QED) is 0.348. The van der Waals surface area contributed by atoms with Crippen molar-refractivity contribution in [2.24, 2.45) is 0 Å². The molecule has 5 rings (SSSR count). The lowest BCUT2D eigenvalue weighted by Crippen LogP contribution is -2.38. The van der Waals surface area contributed by atoms with Crippen LogP contribution in [0.4, 0.5) is 15.9 Å². The molecular weight excluding hydrogens is 509 g/mol. The number of aromatic nitrogens is 2. The maximum atomic E-state index is 14.1. The highest BCUT2D eigenvalue weighted by atomic mass is 32.1. The molecule has 2 aliphatic rings. The minimum Gasteiger partial charge on any atom is -0.488 e. The minimum absolute atomic E-state index is 0.0902. The smallest absolute Gasteiger partial charge is 0.261 e. The summed E-state index contributed by atoms with van der Waals surface area (Å²) in [4.78, 5) is 25.5. The zero-order valence-electron chi connectivity index (χ0n) is 21.5. The van der Waals surface area contributed by atoms with Gasteiger partial charge in [0, 0.05) is 25.7 Å². The summed E-state index contributed by atoms with van der Waals surface area (Å²) >= 11 is 1.33. The van der Waals surface area contributed by atoms with Gasteiger partial charge in [-0.05, 0) is 63.3 Å². The Morgan fingerprint density at radius 1 is 1.24 bits per heavy atom. The summed E-state index contributed by atoms with van der Waals surface area (Å²) in [5.74, 6) is 0.409. The molecule has 1 saturated carbocycles. The molecule has 1 aromatic carbocycles. The first-order valence-electron chi connectivity index (χ1n) is 13.2. The molecule has 3 N–H and O–H groups in total. The van der Waals surface area contributed by atoms with Crippen molar-refractivity contribution >= 4 is 39.0 Å². The van der Waals surface area contributed by atoms with Gasteiger partial charge in [-0.25, -0.2) is 14.4 Å². The summed E-state index contributed by atoms with van der Waals surface area (Å²) in [5.41, 5.74) is 1.38. The van der Waals surface area contributed by atoms with Crippen LogP contribution < -0.4 is 15.4 Å². The van der Waals surface area contributed by atoms with Crippen LogP contribution in [0.5, 0.6) is 5.75 Å². The van der Waals surface area contributed by atoms with Crippen LogP contribution in [-0.2, 0) is 4.74 Å². The topological polar surface area (TPSA) is 109 Å². The molecule has 0 unspecified atom stereocenters. The van der Waals surface area contributed by atoms with Crippen LogP contribution in [0.2, 0.25) is 0 Å². The second-order valence-electron chi connectivity index (χ2n) is 9.84. The first-order valence-corrected chi connectivity index (χ1v) is 14.0. The molecule has 2 fully saturated rings. The fraction of sp³-hybridized carbons (Fsp3) is 0.519. The summed E-state index contributed by atoms with van der Waals surface area (Å²) < 4.78 is 25.6. The third-order valence-corrected chi connectivity index (χ3v) is 8.31. The molecule has 9 nitrogen and oxygen atoms in total. The SMILES string of the molecule is Cc1c(C(=O)NCCCN2CCOCC2)sc2ncnc(Nc3ccc(F)cc3O[C@H]3CC[C@H](O)CC3)c12. The molecule has 11 heteroatoms. The van der Waals surface area contributed by atoms with Gasteiger partial charge in [-0.2, -0.15) is 0 Å². The number of rotatable bonds is 9. The Kier molecular flexibility index (Phi) is 8.68. The van der Waals surface area contributed by atoms with Gasteiger partial charge in [-0.3, -0.25) is 9.69 Å². The number of anilines is 2. The van der Waals surface area contributed by atoms with E-state index in [4.69, 9.17) is 9.47 Å². The van der Waals surface area contributed by atoms with Crippen molar-refractivity contribution in [1.29, 1.82) is 0 Å². The number of thiophene rings is 1. The number of hydrogen-bond acceptors (Lipinski definition) is 9. The number of halogens is 1. The van der Waals surface area contributed by atoms with Crippen LogP contribution in [0.3, 0.4) is 0 Å². The predicted molar refractivity (Wildman–Crippen MR) is 145 cm³/mol. The normalized spacial score (nSPS) is 20.4. The molecule has 1 amide bonds.